The van der Waals surface area contributed by atoms with Gasteiger partial charge in [0.25, 0.3) is 5.91 Å². The van der Waals surface area contributed by atoms with E-state index in [-0.39, 0.29) is 12.5 Å². The number of hydrogen-bond donors (Lipinski definition) is 2. The number of benzene rings is 2. The summed E-state index contributed by atoms with van der Waals surface area (Å²) in [6, 6.07) is 12.9. The van der Waals surface area contributed by atoms with Gasteiger partial charge in [-0.2, -0.15) is 0 Å². The average molecular weight is 353 g/mol. The molecule has 0 aromatic heterocycles. The summed E-state index contributed by atoms with van der Waals surface area (Å²) < 4.78 is 0. The normalized spacial score (nSPS) is 19.9. The summed E-state index contributed by atoms with van der Waals surface area (Å²) in [5.41, 5.74) is -0.487. The van der Waals surface area contributed by atoms with Crippen LogP contribution in [0.3, 0.4) is 0 Å². The van der Waals surface area contributed by atoms with Crippen molar-refractivity contribution in [3.63, 3.8) is 0 Å². The number of hydrogen-bond acceptors (Lipinski definition) is 3. The Morgan fingerprint density at radius 2 is 1.85 bits per heavy atom. The van der Waals surface area contributed by atoms with E-state index in [1.807, 2.05) is 56.3 Å². The first-order chi connectivity index (χ1) is 12.3. The highest BCUT2D eigenvalue weighted by Gasteiger charge is 2.49. The zero-order valence-corrected chi connectivity index (χ0v) is 15.2. The molecule has 1 atom stereocenters. The molecule has 2 aromatic rings. The first-order valence-electron chi connectivity index (χ1n) is 8.71. The minimum Gasteiger partial charge on any atom is -0.354 e. The summed E-state index contributed by atoms with van der Waals surface area (Å²) in [6.07, 6.45) is 0. The number of urea groups is 1. The standard InChI is InChI=1S/C20H23N3O3/c1-13(2)11-21-17(24)12-23-18(25)20(3,22-19(23)26)16-9-8-14-6-4-5-7-15(14)10-16/h4-10,13H,11-12H2,1-3H3,(H,21,24)(H,22,26)/t20-/m0/s1. The highest BCUT2D eigenvalue weighted by Crippen LogP contribution is 2.30. The Morgan fingerprint density at radius 1 is 1.15 bits per heavy atom. The molecule has 0 radical (unpaired) electrons. The molecular formula is C20H23N3O3. The molecule has 1 aliphatic heterocycles. The predicted molar refractivity (Wildman–Crippen MR) is 99.4 cm³/mol. The van der Waals surface area contributed by atoms with E-state index in [0.29, 0.717) is 18.0 Å². The van der Waals surface area contributed by atoms with Crippen molar-refractivity contribution in [1.82, 2.24) is 15.5 Å². The molecule has 0 saturated carbocycles. The van der Waals surface area contributed by atoms with E-state index in [0.717, 1.165) is 15.7 Å². The Kier molecular flexibility index (Phi) is 4.68. The molecule has 2 aromatic carbocycles. The van der Waals surface area contributed by atoms with Crippen LogP contribution in [0.25, 0.3) is 10.8 Å². The molecule has 1 fully saturated rings. The monoisotopic (exact) mass is 353 g/mol. The lowest BCUT2D eigenvalue weighted by Crippen LogP contribution is -2.43. The third kappa shape index (κ3) is 3.27. The second kappa shape index (κ2) is 6.78. The van der Waals surface area contributed by atoms with Crippen molar-refractivity contribution in [2.24, 2.45) is 5.92 Å². The highest BCUT2D eigenvalue weighted by atomic mass is 16.2. The summed E-state index contributed by atoms with van der Waals surface area (Å²) in [5.74, 6) is -0.465. The van der Waals surface area contributed by atoms with Gasteiger partial charge in [0.1, 0.15) is 12.1 Å². The second-order valence-electron chi connectivity index (χ2n) is 7.21. The Labute approximate surface area is 152 Å². The van der Waals surface area contributed by atoms with E-state index in [1.54, 1.807) is 6.92 Å². The van der Waals surface area contributed by atoms with Crippen molar-refractivity contribution >= 4 is 28.6 Å². The molecule has 0 unspecified atom stereocenters. The lowest BCUT2D eigenvalue weighted by atomic mass is 9.90. The van der Waals surface area contributed by atoms with Crippen LogP contribution >= 0.6 is 0 Å². The number of nitrogens with one attached hydrogen (secondary N) is 2. The summed E-state index contributed by atoms with van der Waals surface area (Å²) in [7, 11) is 0. The predicted octanol–water partition coefficient (Wildman–Crippen LogP) is 2.38. The third-order valence-corrected chi connectivity index (χ3v) is 4.61. The van der Waals surface area contributed by atoms with E-state index < -0.39 is 17.5 Å². The van der Waals surface area contributed by atoms with Crippen LogP contribution in [-0.4, -0.2) is 35.8 Å². The van der Waals surface area contributed by atoms with Gasteiger partial charge >= 0.3 is 6.03 Å². The van der Waals surface area contributed by atoms with E-state index in [9.17, 15) is 14.4 Å². The van der Waals surface area contributed by atoms with Gasteiger partial charge in [-0.05, 0) is 35.2 Å². The van der Waals surface area contributed by atoms with Crippen LogP contribution in [0, 0.1) is 5.92 Å². The molecule has 1 heterocycles. The molecule has 136 valence electrons. The Hall–Kier alpha value is -2.89. The van der Waals surface area contributed by atoms with Crippen LogP contribution in [0.5, 0.6) is 0 Å². The quantitative estimate of drug-likeness (QED) is 0.810. The van der Waals surface area contributed by atoms with Crippen molar-refractivity contribution in [2.75, 3.05) is 13.1 Å². The number of carbonyl (C=O) groups is 3. The van der Waals surface area contributed by atoms with E-state index in [1.165, 1.54) is 0 Å². The van der Waals surface area contributed by atoms with E-state index in [2.05, 4.69) is 10.6 Å². The number of nitrogens with zero attached hydrogens (tertiary/aromatic N) is 1. The number of fused-ring (bicyclic) bond motifs is 1. The van der Waals surface area contributed by atoms with Crippen LogP contribution in [0.15, 0.2) is 42.5 Å². The molecular weight excluding hydrogens is 330 g/mol. The lowest BCUT2D eigenvalue weighted by molar-refractivity contribution is -0.134. The lowest BCUT2D eigenvalue weighted by Gasteiger charge is -2.22. The highest BCUT2D eigenvalue weighted by molar-refractivity contribution is 6.09. The Morgan fingerprint density at radius 3 is 2.54 bits per heavy atom. The third-order valence-electron chi connectivity index (χ3n) is 4.61. The smallest absolute Gasteiger partial charge is 0.325 e. The van der Waals surface area contributed by atoms with Gasteiger partial charge < -0.3 is 10.6 Å². The van der Waals surface area contributed by atoms with Crippen LogP contribution in [-0.2, 0) is 15.1 Å². The summed E-state index contributed by atoms with van der Waals surface area (Å²) in [4.78, 5) is 38.2. The molecule has 3 rings (SSSR count). The number of rotatable bonds is 5. The van der Waals surface area contributed by atoms with Gasteiger partial charge in [-0.25, -0.2) is 4.79 Å². The number of carbonyl (C=O) groups excluding carboxylic acids is 3. The topological polar surface area (TPSA) is 78.5 Å². The van der Waals surface area contributed by atoms with Gasteiger partial charge in [0.05, 0.1) is 0 Å². The van der Waals surface area contributed by atoms with E-state index in [4.69, 9.17) is 0 Å². The van der Waals surface area contributed by atoms with Crippen LogP contribution < -0.4 is 10.6 Å². The zero-order chi connectivity index (χ0) is 18.9. The molecule has 6 heteroatoms. The molecule has 6 nitrogen and oxygen atoms in total. The summed E-state index contributed by atoms with van der Waals surface area (Å²) in [5, 5.41) is 7.51. The molecule has 1 saturated heterocycles. The Bertz CT molecular complexity index is 877. The largest absolute Gasteiger partial charge is 0.354 e. The molecule has 0 spiro atoms. The fraction of sp³-hybridized carbons (Fsp3) is 0.350. The maximum atomic E-state index is 12.9. The van der Waals surface area contributed by atoms with Gasteiger partial charge in [0, 0.05) is 6.54 Å². The Balaban J connectivity index is 1.82. The minimum absolute atomic E-state index is 0.277. The summed E-state index contributed by atoms with van der Waals surface area (Å²) in [6.45, 7) is 5.85. The first-order valence-corrected chi connectivity index (χ1v) is 8.71. The maximum Gasteiger partial charge on any atom is 0.325 e. The van der Waals surface area contributed by atoms with Crippen molar-refractivity contribution < 1.29 is 14.4 Å². The fourth-order valence-electron chi connectivity index (χ4n) is 3.05. The molecule has 4 amide bonds. The molecule has 0 aliphatic carbocycles. The van der Waals surface area contributed by atoms with Gasteiger partial charge in [0.15, 0.2) is 0 Å². The van der Waals surface area contributed by atoms with Crippen LogP contribution in [0.2, 0.25) is 0 Å². The molecule has 0 bridgehead atoms. The van der Waals surface area contributed by atoms with Gasteiger partial charge in [-0.1, -0.05) is 50.2 Å². The fourth-order valence-corrected chi connectivity index (χ4v) is 3.05. The van der Waals surface area contributed by atoms with Gasteiger partial charge in [0.2, 0.25) is 5.91 Å². The van der Waals surface area contributed by atoms with Crippen LogP contribution in [0.4, 0.5) is 4.79 Å². The van der Waals surface area contributed by atoms with Crippen molar-refractivity contribution in [1.29, 1.82) is 0 Å². The SMILES string of the molecule is CC(C)CNC(=O)CN1C(=O)N[C@@](C)(c2ccc3ccccc3c2)C1=O. The maximum absolute atomic E-state index is 12.9. The zero-order valence-electron chi connectivity index (χ0n) is 15.2. The number of imide groups is 1. The first kappa shape index (κ1) is 17.9. The van der Waals surface area contributed by atoms with E-state index >= 15 is 0 Å². The van der Waals surface area contributed by atoms with Crippen molar-refractivity contribution in [3.8, 4) is 0 Å². The molecule has 1 aliphatic rings. The van der Waals surface area contributed by atoms with Crippen molar-refractivity contribution in [3.05, 3.63) is 48.0 Å². The molecule has 2 N–H and O–H groups in total. The van der Waals surface area contributed by atoms with Crippen LogP contribution in [0.1, 0.15) is 26.3 Å². The average Bonchev–Trinajstić information content (AvgIpc) is 2.83. The second-order valence-corrected chi connectivity index (χ2v) is 7.21. The number of amides is 4. The molecule has 26 heavy (non-hydrogen) atoms. The summed E-state index contributed by atoms with van der Waals surface area (Å²) >= 11 is 0. The van der Waals surface area contributed by atoms with Crippen molar-refractivity contribution in [2.45, 2.75) is 26.3 Å². The van der Waals surface area contributed by atoms with Gasteiger partial charge in [-0.15, -0.1) is 0 Å². The minimum atomic E-state index is -1.18. The van der Waals surface area contributed by atoms with Gasteiger partial charge in [-0.3, -0.25) is 14.5 Å².